The fourth-order valence-corrected chi connectivity index (χ4v) is 4.10. The molecule has 0 saturated carbocycles. The summed E-state index contributed by atoms with van der Waals surface area (Å²) < 4.78 is 5.25. The minimum atomic E-state index is -0.686. The second-order valence-corrected chi connectivity index (χ2v) is 8.44. The van der Waals surface area contributed by atoms with E-state index in [2.05, 4.69) is 6.92 Å². The predicted octanol–water partition coefficient (Wildman–Crippen LogP) is 5.03. The first-order valence-electron chi connectivity index (χ1n) is 10.7. The standard InChI is InChI=1S/C25H29ClN2O4/c1-5-6-7-14-28-22(16-8-11-18(12-9-16)27(2)3)21(24(30)25(28)31)23(29)17-10-13-19(26)20(15-17)32-4/h8-13,15,22,29H,5-7,14H2,1-4H3/b23-21-. The van der Waals surface area contributed by atoms with Gasteiger partial charge in [0.15, 0.2) is 0 Å². The number of unbranched alkanes of at least 4 members (excludes halogenated alkanes) is 2. The molecule has 0 aliphatic carbocycles. The predicted molar refractivity (Wildman–Crippen MR) is 127 cm³/mol. The van der Waals surface area contributed by atoms with Gasteiger partial charge in [0.25, 0.3) is 11.7 Å². The number of carbonyl (C=O) groups is 2. The molecule has 3 rings (SSSR count). The van der Waals surface area contributed by atoms with E-state index in [4.69, 9.17) is 16.3 Å². The van der Waals surface area contributed by atoms with Crippen molar-refractivity contribution in [1.82, 2.24) is 4.90 Å². The van der Waals surface area contributed by atoms with Crippen LogP contribution >= 0.6 is 11.6 Å². The highest BCUT2D eigenvalue weighted by molar-refractivity contribution is 6.46. The third-order valence-electron chi connectivity index (χ3n) is 5.69. The van der Waals surface area contributed by atoms with Crippen LogP contribution in [-0.4, -0.2) is 49.4 Å². The van der Waals surface area contributed by atoms with Crippen LogP contribution < -0.4 is 9.64 Å². The van der Waals surface area contributed by atoms with Crippen molar-refractivity contribution in [3.8, 4) is 5.75 Å². The Morgan fingerprint density at radius 2 is 1.81 bits per heavy atom. The molecular weight excluding hydrogens is 428 g/mol. The minimum Gasteiger partial charge on any atom is -0.507 e. The molecule has 1 saturated heterocycles. The van der Waals surface area contributed by atoms with Gasteiger partial charge in [-0.2, -0.15) is 0 Å². The number of Topliss-reactive ketones (excluding diaryl/α,β-unsaturated/α-hetero) is 1. The molecule has 7 heteroatoms. The molecule has 0 bridgehead atoms. The summed E-state index contributed by atoms with van der Waals surface area (Å²) in [6.07, 6.45) is 2.73. The van der Waals surface area contributed by atoms with Gasteiger partial charge < -0.3 is 19.6 Å². The molecule has 1 amide bonds. The van der Waals surface area contributed by atoms with Gasteiger partial charge in [-0.25, -0.2) is 0 Å². The zero-order chi connectivity index (χ0) is 23.4. The summed E-state index contributed by atoms with van der Waals surface area (Å²) in [7, 11) is 5.36. The lowest BCUT2D eigenvalue weighted by atomic mass is 9.95. The summed E-state index contributed by atoms with van der Waals surface area (Å²) in [6.45, 7) is 2.53. The highest BCUT2D eigenvalue weighted by Crippen LogP contribution is 2.40. The number of benzene rings is 2. The molecule has 1 N–H and O–H groups in total. The maximum absolute atomic E-state index is 13.1. The zero-order valence-electron chi connectivity index (χ0n) is 18.9. The van der Waals surface area contributed by atoms with Gasteiger partial charge in [-0.05, 0) is 42.3 Å². The molecule has 1 atom stereocenters. The number of hydrogen-bond donors (Lipinski definition) is 1. The van der Waals surface area contributed by atoms with Crippen LogP contribution in [0.3, 0.4) is 0 Å². The van der Waals surface area contributed by atoms with Crippen molar-refractivity contribution in [2.45, 2.75) is 32.2 Å². The summed E-state index contributed by atoms with van der Waals surface area (Å²) in [5, 5.41) is 11.5. The maximum Gasteiger partial charge on any atom is 0.295 e. The number of carbonyl (C=O) groups excluding carboxylic acids is 2. The van der Waals surface area contributed by atoms with Gasteiger partial charge in [0, 0.05) is 31.9 Å². The second kappa shape index (κ2) is 10.1. The van der Waals surface area contributed by atoms with E-state index >= 15 is 0 Å². The molecule has 170 valence electrons. The molecule has 0 aromatic heterocycles. The SMILES string of the molecule is CCCCCN1C(=O)C(=O)/C(=C(\O)c2ccc(Cl)c(OC)c2)C1c1ccc(N(C)C)cc1. The van der Waals surface area contributed by atoms with Gasteiger partial charge >= 0.3 is 0 Å². The fourth-order valence-electron chi connectivity index (χ4n) is 3.91. The Morgan fingerprint density at radius 3 is 2.41 bits per heavy atom. The van der Waals surface area contributed by atoms with Crippen LogP contribution in [0.1, 0.15) is 43.4 Å². The van der Waals surface area contributed by atoms with Crippen LogP contribution in [0, 0.1) is 0 Å². The molecule has 1 fully saturated rings. The van der Waals surface area contributed by atoms with E-state index in [1.165, 1.54) is 7.11 Å². The highest BCUT2D eigenvalue weighted by Gasteiger charge is 2.45. The van der Waals surface area contributed by atoms with E-state index in [9.17, 15) is 14.7 Å². The summed E-state index contributed by atoms with van der Waals surface area (Å²) in [5.41, 5.74) is 2.22. The number of likely N-dealkylation sites (tertiary alicyclic amines) is 1. The van der Waals surface area contributed by atoms with Crippen LogP contribution in [0.4, 0.5) is 5.69 Å². The monoisotopic (exact) mass is 456 g/mol. The first kappa shape index (κ1) is 23.7. The van der Waals surface area contributed by atoms with E-state index < -0.39 is 17.7 Å². The molecule has 1 aliphatic heterocycles. The smallest absolute Gasteiger partial charge is 0.295 e. The molecule has 2 aromatic carbocycles. The number of ketones is 1. The molecule has 2 aromatic rings. The van der Waals surface area contributed by atoms with Crippen LogP contribution in [0.15, 0.2) is 48.0 Å². The van der Waals surface area contributed by atoms with Gasteiger partial charge in [0.2, 0.25) is 0 Å². The van der Waals surface area contributed by atoms with E-state index in [1.807, 2.05) is 43.3 Å². The molecular formula is C25H29ClN2O4. The van der Waals surface area contributed by atoms with Crippen LogP contribution in [0.5, 0.6) is 5.75 Å². The topological polar surface area (TPSA) is 70.1 Å². The number of methoxy groups -OCH3 is 1. The number of amides is 1. The number of rotatable bonds is 8. The van der Waals surface area contributed by atoms with Crippen molar-refractivity contribution in [3.05, 3.63) is 64.2 Å². The van der Waals surface area contributed by atoms with Crippen LogP contribution in [-0.2, 0) is 9.59 Å². The third-order valence-corrected chi connectivity index (χ3v) is 6.00. The average molecular weight is 457 g/mol. The first-order chi connectivity index (χ1) is 15.3. The first-order valence-corrected chi connectivity index (χ1v) is 11.1. The largest absolute Gasteiger partial charge is 0.507 e. The second-order valence-electron chi connectivity index (χ2n) is 8.03. The average Bonchev–Trinajstić information content (AvgIpc) is 3.04. The van der Waals surface area contributed by atoms with Crippen LogP contribution in [0.2, 0.25) is 5.02 Å². The van der Waals surface area contributed by atoms with E-state index in [-0.39, 0.29) is 11.3 Å². The summed E-state index contributed by atoms with van der Waals surface area (Å²) >= 11 is 6.12. The maximum atomic E-state index is 13.1. The fraction of sp³-hybridized carbons (Fsp3) is 0.360. The molecule has 0 radical (unpaired) electrons. The number of anilines is 1. The molecule has 6 nitrogen and oxygen atoms in total. The Balaban J connectivity index is 2.13. The number of aliphatic hydroxyl groups is 1. The quantitative estimate of drug-likeness (QED) is 0.261. The lowest BCUT2D eigenvalue weighted by Gasteiger charge is -2.26. The summed E-state index contributed by atoms with van der Waals surface area (Å²) in [5.74, 6) is -1.14. The van der Waals surface area contributed by atoms with Gasteiger partial charge in [-0.15, -0.1) is 0 Å². The number of halogens is 1. The van der Waals surface area contributed by atoms with Crippen LogP contribution in [0.25, 0.3) is 5.76 Å². The van der Waals surface area contributed by atoms with Crippen molar-refractivity contribution >= 4 is 34.7 Å². The number of ether oxygens (including phenoxy) is 1. The minimum absolute atomic E-state index is 0.0773. The Hall–Kier alpha value is -2.99. The Morgan fingerprint density at radius 1 is 1.12 bits per heavy atom. The lowest BCUT2D eigenvalue weighted by molar-refractivity contribution is -0.139. The van der Waals surface area contributed by atoms with Gasteiger partial charge in [0.1, 0.15) is 11.5 Å². The van der Waals surface area contributed by atoms with Crippen molar-refractivity contribution < 1.29 is 19.4 Å². The van der Waals surface area contributed by atoms with Gasteiger partial charge in [-0.1, -0.05) is 43.5 Å². The summed E-state index contributed by atoms with van der Waals surface area (Å²) in [4.78, 5) is 29.6. The molecule has 0 spiro atoms. The normalized spacial score (nSPS) is 17.7. The highest BCUT2D eigenvalue weighted by atomic mass is 35.5. The van der Waals surface area contributed by atoms with Gasteiger partial charge in [-0.3, -0.25) is 9.59 Å². The number of hydrogen-bond acceptors (Lipinski definition) is 5. The Labute approximate surface area is 194 Å². The van der Waals surface area contributed by atoms with E-state index in [0.717, 1.165) is 30.5 Å². The zero-order valence-corrected chi connectivity index (χ0v) is 19.6. The van der Waals surface area contributed by atoms with Crippen molar-refractivity contribution in [1.29, 1.82) is 0 Å². The molecule has 1 aliphatic rings. The lowest BCUT2D eigenvalue weighted by Crippen LogP contribution is -2.30. The third kappa shape index (κ3) is 4.60. The summed E-state index contributed by atoms with van der Waals surface area (Å²) in [6, 6.07) is 11.8. The molecule has 1 unspecified atom stereocenters. The Bertz CT molecular complexity index is 1030. The molecule has 1 heterocycles. The molecule has 32 heavy (non-hydrogen) atoms. The van der Waals surface area contributed by atoms with E-state index in [0.29, 0.717) is 22.9 Å². The van der Waals surface area contributed by atoms with E-state index in [1.54, 1.807) is 23.1 Å². The number of aliphatic hydroxyl groups excluding tert-OH is 1. The van der Waals surface area contributed by atoms with Crippen molar-refractivity contribution in [2.75, 3.05) is 32.6 Å². The Kier molecular flexibility index (Phi) is 7.46. The number of nitrogens with zero attached hydrogens (tertiary/aromatic N) is 2. The van der Waals surface area contributed by atoms with Gasteiger partial charge in [0.05, 0.1) is 23.7 Å². The van der Waals surface area contributed by atoms with Crippen molar-refractivity contribution in [3.63, 3.8) is 0 Å². The van der Waals surface area contributed by atoms with Crippen molar-refractivity contribution in [2.24, 2.45) is 0 Å².